The first-order chi connectivity index (χ1) is 9.72. The van der Waals surface area contributed by atoms with Crippen LogP contribution in [0.2, 0.25) is 0 Å². The Morgan fingerprint density at radius 3 is 2.75 bits per heavy atom. The third kappa shape index (κ3) is 3.38. The molecule has 1 N–H and O–H groups in total. The molecular formula is C16H17BrN2O. The molecule has 4 heteroatoms. The Balaban J connectivity index is 1.71. The highest BCUT2D eigenvalue weighted by molar-refractivity contribution is 9.10. The monoisotopic (exact) mass is 332 g/mol. The lowest BCUT2D eigenvalue weighted by molar-refractivity contribution is 0.458. The molecule has 1 aromatic heterocycles. The minimum absolute atomic E-state index is 0.629. The molecule has 20 heavy (non-hydrogen) atoms. The predicted molar refractivity (Wildman–Crippen MR) is 83.1 cm³/mol. The summed E-state index contributed by atoms with van der Waals surface area (Å²) in [6.45, 7) is 2.91. The Morgan fingerprint density at radius 1 is 1.25 bits per heavy atom. The number of benzene rings is 1. The van der Waals surface area contributed by atoms with Gasteiger partial charge in [0.05, 0.1) is 4.47 Å². The summed E-state index contributed by atoms with van der Waals surface area (Å²) >= 11 is 3.47. The summed E-state index contributed by atoms with van der Waals surface area (Å²) in [6.07, 6.45) is 2.60. The molecule has 104 valence electrons. The summed E-state index contributed by atoms with van der Waals surface area (Å²) in [6, 6.07) is 12.5. The quantitative estimate of drug-likeness (QED) is 0.891. The van der Waals surface area contributed by atoms with Crippen LogP contribution in [-0.4, -0.2) is 11.0 Å². The SMILES string of the molecule is Cc1nc(Oc2ccccc2Br)ccc1CNC1CC1. The van der Waals surface area contributed by atoms with Crippen molar-refractivity contribution < 1.29 is 4.74 Å². The topological polar surface area (TPSA) is 34.1 Å². The van der Waals surface area contributed by atoms with E-state index in [2.05, 4.69) is 32.3 Å². The van der Waals surface area contributed by atoms with Crippen molar-refractivity contribution in [2.45, 2.75) is 32.4 Å². The summed E-state index contributed by atoms with van der Waals surface area (Å²) in [5.74, 6) is 1.41. The Kier molecular flexibility index (Phi) is 4.03. The standard InChI is InChI=1S/C16H17BrN2O/c1-11-12(10-18-13-7-8-13)6-9-16(19-11)20-15-5-3-2-4-14(15)17/h2-6,9,13,18H,7-8,10H2,1H3. The molecule has 1 saturated carbocycles. The molecule has 1 aromatic carbocycles. The van der Waals surface area contributed by atoms with Gasteiger partial charge in [0, 0.05) is 24.3 Å². The third-order valence-corrected chi connectivity index (χ3v) is 4.03. The molecule has 3 nitrogen and oxygen atoms in total. The van der Waals surface area contributed by atoms with Gasteiger partial charge >= 0.3 is 0 Å². The summed E-state index contributed by atoms with van der Waals surface area (Å²) in [7, 11) is 0. The lowest BCUT2D eigenvalue weighted by Gasteiger charge is -2.10. The molecule has 0 radical (unpaired) electrons. The van der Waals surface area contributed by atoms with Gasteiger partial charge in [-0.25, -0.2) is 4.98 Å². The van der Waals surface area contributed by atoms with E-state index >= 15 is 0 Å². The van der Waals surface area contributed by atoms with Gasteiger partial charge in [-0.15, -0.1) is 0 Å². The number of aryl methyl sites for hydroxylation is 1. The maximum absolute atomic E-state index is 5.80. The van der Waals surface area contributed by atoms with Crippen molar-refractivity contribution in [1.29, 1.82) is 0 Å². The Bertz CT molecular complexity index is 611. The fourth-order valence-corrected chi connectivity index (χ4v) is 2.36. The van der Waals surface area contributed by atoms with E-state index in [0.717, 1.165) is 22.5 Å². The first-order valence-corrected chi connectivity index (χ1v) is 7.64. The maximum atomic E-state index is 5.80. The number of para-hydroxylation sites is 1. The van der Waals surface area contributed by atoms with Crippen molar-refractivity contribution >= 4 is 15.9 Å². The van der Waals surface area contributed by atoms with E-state index in [9.17, 15) is 0 Å². The van der Waals surface area contributed by atoms with Crippen LogP contribution in [0.25, 0.3) is 0 Å². The van der Waals surface area contributed by atoms with Crippen molar-refractivity contribution in [3.63, 3.8) is 0 Å². The number of hydrogen-bond acceptors (Lipinski definition) is 3. The molecule has 0 spiro atoms. The first-order valence-electron chi connectivity index (χ1n) is 6.84. The number of ether oxygens (including phenoxy) is 1. The van der Waals surface area contributed by atoms with E-state index in [1.54, 1.807) is 0 Å². The number of hydrogen-bond donors (Lipinski definition) is 1. The van der Waals surface area contributed by atoms with E-state index in [4.69, 9.17) is 4.74 Å². The van der Waals surface area contributed by atoms with Gasteiger partial charge in [0.1, 0.15) is 5.75 Å². The van der Waals surface area contributed by atoms with Crippen molar-refractivity contribution in [2.75, 3.05) is 0 Å². The van der Waals surface area contributed by atoms with Gasteiger partial charge in [0.2, 0.25) is 5.88 Å². The van der Waals surface area contributed by atoms with E-state index in [0.29, 0.717) is 11.9 Å². The number of pyridine rings is 1. The molecule has 2 aromatic rings. The van der Waals surface area contributed by atoms with E-state index in [1.165, 1.54) is 18.4 Å². The highest BCUT2D eigenvalue weighted by Crippen LogP contribution is 2.28. The fraction of sp³-hybridized carbons (Fsp3) is 0.312. The summed E-state index contributed by atoms with van der Waals surface area (Å²) in [5, 5.41) is 3.50. The van der Waals surface area contributed by atoms with Crippen molar-refractivity contribution in [3.8, 4) is 11.6 Å². The van der Waals surface area contributed by atoms with Crippen LogP contribution in [0.4, 0.5) is 0 Å². The largest absolute Gasteiger partial charge is 0.438 e. The fourth-order valence-electron chi connectivity index (χ4n) is 1.99. The molecule has 1 fully saturated rings. The van der Waals surface area contributed by atoms with Crippen molar-refractivity contribution in [2.24, 2.45) is 0 Å². The number of nitrogens with one attached hydrogen (secondary N) is 1. The second kappa shape index (κ2) is 5.94. The van der Waals surface area contributed by atoms with Crippen LogP contribution in [0, 0.1) is 6.92 Å². The average Bonchev–Trinajstić information content (AvgIpc) is 3.25. The lowest BCUT2D eigenvalue weighted by Crippen LogP contribution is -2.16. The van der Waals surface area contributed by atoms with Crippen LogP contribution in [0.1, 0.15) is 24.1 Å². The molecule has 0 unspecified atom stereocenters. The number of halogens is 1. The van der Waals surface area contributed by atoms with Gasteiger partial charge in [-0.2, -0.15) is 0 Å². The number of rotatable bonds is 5. The normalized spacial score (nSPS) is 14.3. The Morgan fingerprint density at radius 2 is 2.05 bits per heavy atom. The minimum atomic E-state index is 0.629. The van der Waals surface area contributed by atoms with Crippen molar-refractivity contribution in [1.82, 2.24) is 10.3 Å². The maximum Gasteiger partial charge on any atom is 0.219 e. The molecule has 1 heterocycles. The van der Waals surface area contributed by atoms with E-state index < -0.39 is 0 Å². The molecule has 3 rings (SSSR count). The zero-order valence-electron chi connectivity index (χ0n) is 11.4. The Labute approximate surface area is 127 Å². The second-order valence-electron chi connectivity index (χ2n) is 5.08. The van der Waals surface area contributed by atoms with Gasteiger partial charge in [0.15, 0.2) is 0 Å². The van der Waals surface area contributed by atoms with Crippen LogP contribution in [0.15, 0.2) is 40.9 Å². The summed E-state index contributed by atoms with van der Waals surface area (Å²) < 4.78 is 6.73. The number of aromatic nitrogens is 1. The first kappa shape index (κ1) is 13.6. The smallest absolute Gasteiger partial charge is 0.219 e. The van der Waals surface area contributed by atoms with E-state index in [1.807, 2.05) is 37.3 Å². The summed E-state index contributed by atoms with van der Waals surface area (Å²) in [5.41, 5.74) is 2.25. The zero-order valence-corrected chi connectivity index (χ0v) is 13.0. The third-order valence-electron chi connectivity index (χ3n) is 3.38. The molecule has 0 aliphatic heterocycles. The molecule has 0 bridgehead atoms. The van der Waals surface area contributed by atoms with Crippen LogP contribution < -0.4 is 10.1 Å². The highest BCUT2D eigenvalue weighted by Gasteiger charge is 2.20. The van der Waals surface area contributed by atoms with E-state index in [-0.39, 0.29) is 0 Å². The predicted octanol–water partition coefficient (Wildman–Crippen LogP) is 4.20. The molecule has 1 aliphatic rings. The molecule has 0 atom stereocenters. The van der Waals surface area contributed by atoms with Gasteiger partial charge in [-0.05, 0) is 53.4 Å². The highest BCUT2D eigenvalue weighted by atomic mass is 79.9. The molecule has 1 aliphatic carbocycles. The van der Waals surface area contributed by atoms with Crippen LogP contribution in [0.3, 0.4) is 0 Å². The van der Waals surface area contributed by atoms with Crippen molar-refractivity contribution in [3.05, 3.63) is 52.1 Å². The minimum Gasteiger partial charge on any atom is -0.438 e. The van der Waals surface area contributed by atoms with Gasteiger partial charge < -0.3 is 10.1 Å². The zero-order chi connectivity index (χ0) is 13.9. The van der Waals surface area contributed by atoms with Gasteiger partial charge in [0.25, 0.3) is 0 Å². The number of nitrogens with zero attached hydrogens (tertiary/aromatic N) is 1. The lowest BCUT2D eigenvalue weighted by atomic mass is 10.2. The van der Waals surface area contributed by atoms with Crippen LogP contribution >= 0.6 is 15.9 Å². The second-order valence-corrected chi connectivity index (χ2v) is 5.94. The molecular weight excluding hydrogens is 316 g/mol. The van der Waals surface area contributed by atoms with Crippen LogP contribution in [-0.2, 0) is 6.54 Å². The molecule has 0 amide bonds. The Hall–Kier alpha value is -1.39. The molecule has 0 saturated heterocycles. The van der Waals surface area contributed by atoms with Gasteiger partial charge in [-0.3, -0.25) is 0 Å². The summed E-state index contributed by atoms with van der Waals surface area (Å²) in [4.78, 5) is 4.52. The average molecular weight is 333 g/mol. The van der Waals surface area contributed by atoms with Gasteiger partial charge in [-0.1, -0.05) is 18.2 Å². The van der Waals surface area contributed by atoms with Crippen LogP contribution in [0.5, 0.6) is 11.6 Å².